The van der Waals surface area contributed by atoms with Crippen LogP contribution in [0.2, 0.25) is 0 Å². The highest BCUT2D eigenvalue weighted by atomic mass is 19.1. The molecule has 0 spiro atoms. The van der Waals surface area contributed by atoms with E-state index in [4.69, 9.17) is 5.73 Å². The fraction of sp³-hybridized carbons (Fsp3) is 0.118. The molecule has 0 unspecified atom stereocenters. The van der Waals surface area contributed by atoms with Crippen molar-refractivity contribution in [3.63, 3.8) is 0 Å². The first-order chi connectivity index (χ1) is 10.2. The van der Waals surface area contributed by atoms with Gasteiger partial charge in [0.1, 0.15) is 11.6 Å². The maximum Gasteiger partial charge on any atom is 0.123 e. The van der Waals surface area contributed by atoms with Crippen molar-refractivity contribution in [1.29, 1.82) is 0 Å². The number of anilines is 1. The van der Waals surface area contributed by atoms with Gasteiger partial charge in [0, 0.05) is 31.0 Å². The molecular formula is C17H16FN3. The number of imidazole rings is 1. The van der Waals surface area contributed by atoms with Crippen LogP contribution in [-0.2, 0) is 13.0 Å². The van der Waals surface area contributed by atoms with Crippen LogP contribution in [0.4, 0.5) is 10.1 Å². The van der Waals surface area contributed by atoms with Crippen LogP contribution in [0.25, 0.3) is 0 Å². The lowest BCUT2D eigenvalue weighted by Gasteiger charge is -2.09. The van der Waals surface area contributed by atoms with Gasteiger partial charge in [0.15, 0.2) is 0 Å². The van der Waals surface area contributed by atoms with Gasteiger partial charge in [-0.25, -0.2) is 9.37 Å². The minimum Gasteiger partial charge on any atom is -0.399 e. The van der Waals surface area contributed by atoms with Gasteiger partial charge in [-0.05, 0) is 35.4 Å². The summed E-state index contributed by atoms with van der Waals surface area (Å²) in [6.45, 7) is 0.607. The summed E-state index contributed by atoms with van der Waals surface area (Å²) in [4.78, 5) is 4.39. The second-order valence-corrected chi connectivity index (χ2v) is 5.02. The topological polar surface area (TPSA) is 43.8 Å². The smallest absolute Gasteiger partial charge is 0.123 e. The first kappa shape index (κ1) is 13.4. The third-order valence-corrected chi connectivity index (χ3v) is 3.36. The van der Waals surface area contributed by atoms with E-state index in [1.54, 1.807) is 18.3 Å². The molecular weight excluding hydrogens is 265 g/mol. The molecule has 1 heterocycles. The SMILES string of the molecule is Nc1cccc(Cc2nccn2Cc2cccc(F)c2)c1. The summed E-state index contributed by atoms with van der Waals surface area (Å²) in [6, 6.07) is 14.4. The maximum atomic E-state index is 13.2. The zero-order valence-corrected chi connectivity index (χ0v) is 11.5. The van der Waals surface area contributed by atoms with Crippen molar-refractivity contribution >= 4 is 5.69 Å². The molecule has 4 heteroatoms. The first-order valence-corrected chi connectivity index (χ1v) is 6.79. The molecule has 0 radical (unpaired) electrons. The van der Waals surface area contributed by atoms with Crippen molar-refractivity contribution in [2.24, 2.45) is 0 Å². The van der Waals surface area contributed by atoms with Gasteiger partial charge in [0.2, 0.25) is 0 Å². The van der Waals surface area contributed by atoms with Crippen LogP contribution in [0.5, 0.6) is 0 Å². The lowest BCUT2D eigenvalue weighted by molar-refractivity contribution is 0.622. The lowest BCUT2D eigenvalue weighted by atomic mass is 10.1. The second kappa shape index (κ2) is 5.79. The quantitative estimate of drug-likeness (QED) is 0.746. The number of halogens is 1. The number of hydrogen-bond acceptors (Lipinski definition) is 2. The zero-order chi connectivity index (χ0) is 14.7. The average molecular weight is 281 g/mol. The molecule has 0 saturated carbocycles. The van der Waals surface area contributed by atoms with Gasteiger partial charge < -0.3 is 10.3 Å². The van der Waals surface area contributed by atoms with Gasteiger partial charge in [-0.1, -0.05) is 24.3 Å². The summed E-state index contributed by atoms with van der Waals surface area (Å²) in [7, 11) is 0. The van der Waals surface area contributed by atoms with E-state index in [2.05, 4.69) is 4.98 Å². The summed E-state index contributed by atoms with van der Waals surface area (Å²) in [5, 5.41) is 0. The van der Waals surface area contributed by atoms with Crippen LogP contribution in [0.3, 0.4) is 0 Å². The molecule has 0 aliphatic rings. The zero-order valence-electron chi connectivity index (χ0n) is 11.5. The van der Waals surface area contributed by atoms with Gasteiger partial charge in [0.25, 0.3) is 0 Å². The number of nitrogen functional groups attached to an aromatic ring is 1. The Bertz CT molecular complexity index is 687. The van der Waals surface area contributed by atoms with Crippen LogP contribution >= 0.6 is 0 Å². The van der Waals surface area contributed by atoms with Gasteiger partial charge in [0.05, 0.1) is 0 Å². The predicted molar refractivity (Wildman–Crippen MR) is 81.4 cm³/mol. The predicted octanol–water partition coefficient (Wildman–Crippen LogP) is 3.24. The summed E-state index contributed by atoms with van der Waals surface area (Å²) in [6.07, 6.45) is 4.38. The van der Waals surface area contributed by atoms with Crippen molar-refractivity contribution in [2.75, 3.05) is 5.73 Å². The van der Waals surface area contributed by atoms with Crippen LogP contribution in [0, 0.1) is 5.82 Å². The molecule has 21 heavy (non-hydrogen) atoms. The van der Waals surface area contributed by atoms with Crippen LogP contribution in [0.1, 0.15) is 17.0 Å². The van der Waals surface area contributed by atoms with E-state index >= 15 is 0 Å². The molecule has 0 amide bonds. The average Bonchev–Trinajstić information content (AvgIpc) is 2.86. The van der Waals surface area contributed by atoms with Crippen molar-refractivity contribution in [3.05, 3.63) is 83.7 Å². The van der Waals surface area contributed by atoms with Crippen molar-refractivity contribution < 1.29 is 4.39 Å². The first-order valence-electron chi connectivity index (χ1n) is 6.79. The molecule has 0 aliphatic heterocycles. The Labute approximate surface area is 122 Å². The number of nitrogens with two attached hydrogens (primary N) is 1. The number of benzene rings is 2. The van der Waals surface area contributed by atoms with E-state index in [1.165, 1.54) is 6.07 Å². The summed E-state index contributed by atoms with van der Waals surface area (Å²) < 4.78 is 15.3. The molecule has 1 aromatic heterocycles. The van der Waals surface area contributed by atoms with Crippen molar-refractivity contribution in [3.8, 4) is 0 Å². The van der Waals surface area contributed by atoms with Gasteiger partial charge in [-0.15, -0.1) is 0 Å². The highest BCUT2D eigenvalue weighted by Gasteiger charge is 2.06. The van der Waals surface area contributed by atoms with E-state index in [0.717, 1.165) is 22.6 Å². The molecule has 0 fully saturated rings. The Hall–Kier alpha value is -2.62. The van der Waals surface area contributed by atoms with E-state index < -0.39 is 0 Å². The number of hydrogen-bond donors (Lipinski definition) is 1. The monoisotopic (exact) mass is 281 g/mol. The van der Waals surface area contributed by atoms with Crippen LogP contribution < -0.4 is 5.73 Å². The number of nitrogens with zero attached hydrogens (tertiary/aromatic N) is 2. The highest BCUT2D eigenvalue weighted by Crippen LogP contribution is 2.13. The Morgan fingerprint density at radius 3 is 2.67 bits per heavy atom. The molecule has 3 rings (SSSR count). The van der Waals surface area contributed by atoms with Crippen LogP contribution in [-0.4, -0.2) is 9.55 Å². The Kier molecular flexibility index (Phi) is 3.69. The van der Waals surface area contributed by atoms with Crippen molar-refractivity contribution in [2.45, 2.75) is 13.0 Å². The van der Waals surface area contributed by atoms with Crippen LogP contribution in [0.15, 0.2) is 60.9 Å². The van der Waals surface area contributed by atoms with E-state index in [0.29, 0.717) is 13.0 Å². The van der Waals surface area contributed by atoms with E-state index in [9.17, 15) is 4.39 Å². The van der Waals surface area contributed by atoms with Crippen molar-refractivity contribution in [1.82, 2.24) is 9.55 Å². The minimum atomic E-state index is -0.218. The second-order valence-electron chi connectivity index (χ2n) is 5.02. The minimum absolute atomic E-state index is 0.218. The molecule has 2 aromatic carbocycles. The summed E-state index contributed by atoms with van der Waals surface area (Å²) in [5.41, 5.74) is 8.57. The molecule has 0 saturated heterocycles. The fourth-order valence-electron chi connectivity index (χ4n) is 2.37. The number of aromatic nitrogens is 2. The van der Waals surface area contributed by atoms with Gasteiger partial charge in [-0.3, -0.25) is 0 Å². The fourth-order valence-corrected chi connectivity index (χ4v) is 2.37. The third kappa shape index (κ3) is 3.28. The molecule has 0 bridgehead atoms. The molecule has 0 atom stereocenters. The Morgan fingerprint density at radius 1 is 1.05 bits per heavy atom. The lowest BCUT2D eigenvalue weighted by Crippen LogP contribution is -2.05. The molecule has 3 nitrogen and oxygen atoms in total. The molecule has 3 aromatic rings. The Balaban J connectivity index is 1.81. The number of rotatable bonds is 4. The van der Waals surface area contributed by atoms with E-state index in [-0.39, 0.29) is 5.82 Å². The van der Waals surface area contributed by atoms with Gasteiger partial charge in [-0.2, -0.15) is 0 Å². The molecule has 2 N–H and O–H groups in total. The Morgan fingerprint density at radius 2 is 1.86 bits per heavy atom. The normalized spacial score (nSPS) is 10.7. The maximum absolute atomic E-state index is 13.2. The highest BCUT2D eigenvalue weighted by molar-refractivity contribution is 5.41. The summed E-state index contributed by atoms with van der Waals surface area (Å²) in [5.74, 6) is 0.717. The summed E-state index contributed by atoms with van der Waals surface area (Å²) >= 11 is 0. The molecule has 106 valence electrons. The third-order valence-electron chi connectivity index (χ3n) is 3.36. The van der Waals surface area contributed by atoms with Gasteiger partial charge >= 0.3 is 0 Å². The standard InChI is InChI=1S/C17H16FN3/c18-15-5-1-4-14(9-15)12-21-8-7-20-17(21)11-13-3-2-6-16(19)10-13/h1-10H,11-12,19H2. The largest absolute Gasteiger partial charge is 0.399 e. The molecule has 0 aliphatic carbocycles. The van der Waals surface area contributed by atoms with E-state index in [1.807, 2.05) is 41.1 Å².